The number of nitrogens with zero attached hydrogens (tertiary/aromatic N) is 2. The summed E-state index contributed by atoms with van der Waals surface area (Å²) >= 11 is 0. The molecular weight excluding hydrogens is 526 g/mol. The lowest BCUT2D eigenvalue weighted by molar-refractivity contribution is 0.0956. The largest absolute Gasteiger partial charge is 0.385 e. The van der Waals surface area contributed by atoms with Crippen LogP contribution in [0.3, 0.4) is 0 Å². The van der Waals surface area contributed by atoms with Crippen molar-refractivity contribution in [2.75, 3.05) is 25.6 Å². The van der Waals surface area contributed by atoms with Crippen molar-refractivity contribution in [3.63, 3.8) is 0 Å². The minimum atomic E-state index is -0.258. The first-order valence-electron chi connectivity index (χ1n) is 14.8. The predicted molar refractivity (Wildman–Crippen MR) is 169 cm³/mol. The third-order valence-electron chi connectivity index (χ3n) is 7.94. The van der Waals surface area contributed by atoms with Crippen LogP contribution in [0.4, 0.5) is 10.6 Å². The number of allylic oxidation sites excluding steroid dienone is 3. The number of hydrogen-bond acceptors (Lipinski definition) is 4. The molecular formula is C34H43N5O3. The van der Waals surface area contributed by atoms with Crippen LogP contribution in [0.1, 0.15) is 56.0 Å². The summed E-state index contributed by atoms with van der Waals surface area (Å²) in [7, 11) is 1.73. The van der Waals surface area contributed by atoms with Crippen molar-refractivity contribution in [2.45, 2.75) is 53.0 Å². The number of amides is 3. The molecule has 0 aliphatic heterocycles. The van der Waals surface area contributed by atoms with Crippen LogP contribution >= 0.6 is 0 Å². The summed E-state index contributed by atoms with van der Waals surface area (Å²) in [6.07, 6.45) is 9.23. The van der Waals surface area contributed by atoms with E-state index in [0.29, 0.717) is 30.5 Å². The highest BCUT2D eigenvalue weighted by atomic mass is 16.5. The lowest BCUT2D eigenvalue weighted by atomic mass is 9.92. The number of ether oxygens (including phenoxy) is 1. The Morgan fingerprint density at radius 2 is 1.81 bits per heavy atom. The van der Waals surface area contributed by atoms with E-state index < -0.39 is 0 Å². The summed E-state index contributed by atoms with van der Waals surface area (Å²) in [6, 6.07) is 16.9. The van der Waals surface area contributed by atoms with Gasteiger partial charge in [-0.15, -0.1) is 0 Å². The number of methoxy groups -OCH3 is 1. The molecule has 1 aliphatic carbocycles. The molecule has 1 aliphatic rings. The van der Waals surface area contributed by atoms with Crippen molar-refractivity contribution >= 4 is 17.8 Å². The van der Waals surface area contributed by atoms with Gasteiger partial charge in [-0.2, -0.15) is 5.10 Å². The van der Waals surface area contributed by atoms with Crippen LogP contribution in [0.25, 0.3) is 16.9 Å². The molecule has 2 aromatic carbocycles. The molecule has 42 heavy (non-hydrogen) atoms. The number of carbonyl (C=O) groups is 2. The van der Waals surface area contributed by atoms with Gasteiger partial charge in [0.15, 0.2) is 0 Å². The van der Waals surface area contributed by atoms with E-state index in [1.165, 1.54) is 5.57 Å². The lowest BCUT2D eigenvalue weighted by Crippen LogP contribution is -2.41. The van der Waals surface area contributed by atoms with Crippen molar-refractivity contribution in [3.8, 4) is 16.9 Å². The van der Waals surface area contributed by atoms with Crippen LogP contribution in [0.2, 0.25) is 0 Å². The maximum absolute atomic E-state index is 13.6. The van der Waals surface area contributed by atoms with Gasteiger partial charge in [-0.25, -0.2) is 9.48 Å². The molecule has 1 heterocycles. The topological polar surface area (TPSA) is 97.3 Å². The fraction of sp³-hybridized carbons (Fsp3) is 0.382. The standard InChI is InChI=1S/C34H43N5O3/c1-6-12-25(7-2)29-21-24(19-20-42-5)22-30(29)36-34(41)37-32-23(4)31(38-39(32)28-13-10-9-11-14-28)26-15-17-27(18-16-26)33(40)35-8-3/h6-7,9-18,24,29-30H,8,19-22H2,1-5H3,(H,35,40)(H2,36,37,41)/b12-6-,25-7+/t24-,29-,30+/m0/s1. The molecule has 3 atom stereocenters. The van der Waals surface area contributed by atoms with Crippen LogP contribution in [0.15, 0.2) is 78.4 Å². The Hall–Kier alpha value is -4.17. The second-order valence-electron chi connectivity index (χ2n) is 10.7. The summed E-state index contributed by atoms with van der Waals surface area (Å²) in [4.78, 5) is 25.9. The Kier molecular flexibility index (Phi) is 10.7. The summed E-state index contributed by atoms with van der Waals surface area (Å²) < 4.78 is 7.12. The SMILES string of the molecule is C/C=C\C(=C/C)[C@@H]1C[C@H](CCOC)C[C@H]1NC(=O)Nc1c(C)c(-c2ccc(C(=O)NCC)cc2)nn1-c1ccccc1. The van der Waals surface area contributed by atoms with Gasteiger partial charge in [0, 0.05) is 48.9 Å². The van der Waals surface area contributed by atoms with Crippen LogP contribution in [0.5, 0.6) is 0 Å². The Balaban J connectivity index is 1.62. The van der Waals surface area contributed by atoms with Crippen molar-refractivity contribution < 1.29 is 14.3 Å². The maximum atomic E-state index is 13.6. The third kappa shape index (κ3) is 7.18. The Morgan fingerprint density at radius 3 is 2.45 bits per heavy atom. The summed E-state index contributed by atoms with van der Waals surface area (Å²) in [5.74, 6) is 1.20. The number of carbonyl (C=O) groups excluding carboxylic acids is 2. The monoisotopic (exact) mass is 569 g/mol. The number of rotatable bonds is 11. The zero-order valence-corrected chi connectivity index (χ0v) is 25.3. The summed E-state index contributed by atoms with van der Waals surface area (Å²) in [5, 5.41) is 14.2. The Morgan fingerprint density at radius 1 is 1.07 bits per heavy atom. The van der Waals surface area contributed by atoms with Gasteiger partial charge >= 0.3 is 6.03 Å². The number of urea groups is 1. The minimum Gasteiger partial charge on any atom is -0.385 e. The van der Waals surface area contributed by atoms with Gasteiger partial charge in [-0.3, -0.25) is 10.1 Å². The van der Waals surface area contributed by atoms with E-state index >= 15 is 0 Å². The zero-order valence-electron chi connectivity index (χ0n) is 25.3. The molecule has 0 spiro atoms. The van der Waals surface area contributed by atoms with Crippen LogP contribution in [-0.2, 0) is 4.74 Å². The van der Waals surface area contributed by atoms with E-state index in [2.05, 4.69) is 41.1 Å². The van der Waals surface area contributed by atoms with E-state index in [9.17, 15) is 9.59 Å². The number of aromatic nitrogens is 2. The fourth-order valence-corrected chi connectivity index (χ4v) is 5.84. The third-order valence-corrected chi connectivity index (χ3v) is 7.94. The van der Waals surface area contributed by atoms with Gasteiger partial charge in [0.1, 0.15) is 5.82 Å². The molecule has 1 fully saturated rings. The van der Waals surface area contributed by atoms with E-state index in [1.54, 1.807) is 23.9 Å². The predicted octanol–water partition coefficient (Wildman–Crippen LogP) is 6.67. The van der Waals surface area contributed by atoms with Crippen LogP contribution in [0, 0.1) is 18.8 Å². The average Bonchev–Trinajstić information content (AvgIpc) is 3.55. The molecule has 1 saturated carbocycles. The van der Waals surface area contributed by atoms with Crippen molar-refractivity contribution in [3.05, 3.63) is 89.5 Å². The molecule has 0 unspecified atom stereocenters. The van der Waals surface area contributed by atoms with E-state index in [0.717, 1.165) is 41.8 Å². The molecule has 0 saturated heterocycles. The number of nitrogens with one attached hydrogen (secondary N) is 3. The first-order chi connectivity index (χ1) is 20.4. The Labute approximate surface area is 249 Å². The van der Waals surface area contributed by atoms with E-state index in [4.69, 9.17) is 9.84 Å². The second-order valence-corrected chi connectivity index (χ2v) is 10.7. The zero-order chi connectivity index (χ0) is 30.1. The van der Waals surface area contributed by atoms with E-state index in [1.807, 2.05) is 63.2 Å². The molecule has 8 nitrogen and oxygen atoms in total. The minimum absolute atomic E-state index is 0.00365. The first kappa shape index (κ1) is 30.8. The van der Waals surface area contributed by atoms with Gasteiger partial charge in [0.05, 0.1) is 11.4 Å². The highest BCUT2D eigenvalue weighted by Crippen LogP contribution is 2.38. The number of benzene rings is 2. The average molecular weight is 570 g/mol. The normalized spacial score (nSPS) is 18.8. The molecule has 3 N–H and O–H groups in total. The van der Waals surface area contributed by atoms with Crippen molar-refractivity contribution in [1.82, 2.24) is 20.4 Å². The van der Waals surface area contributed by atoms with Gasteiger partial charge < -0.3 is 15.4 Å². The van der Waals surface area contributed by atoms with Crippen LogP contribution < -0.4 is 16.0 Å². The summed E-state index contributed by atoms with van der Waals surface area (Å²) in [6.45, 7) is 9.21. The molecule has 8 heteroatoms. The Bertz CT molecular complexity index is 1410. The van der Waals surface area contributed by atoms with Crippen molar-refractivity contribution in [1.29, 1.82) is 0 Å². The molecule has 1 aromatic heterocycles. The number of para-hydroxylation sites is 1. The van der Waals surface area contributed by atoms with Gasteiger partial charge in [0.25, 0.3) is 5.91 Å². The maximum Gasteiger partial charge on any atom is 0.320 e. The molecule has 222 valence electrons. The molecule has 0 bridgehead atoms. The lowest BCUT2D eigenvalue weighted by Gasteiger charge is -2.22. The fourth-order valence-electron chi connectivity index (χ4n) is 5.84. The second kappa shape index (κ2) is 14.6. The van der Waals surface area contributed by atoms with E-state index in [-0.39, 0.29) is 23.9 Å². The number of anilines is 1. The van der Waals surface area contributed by atoms with Gasteiger partial charge in [-0.05, 0) is 82.7 Å². The first-order valence-corrected chi connectivity index (χ1v) is 14.8. The van der Waals surface area contributed by atoms with Crippen molar-refractivity contribution in [2.24, 2.45) is 11.8 Å². The number of hydrogen-bond donors (Lipinski definition) is 3. The smallest absolute Gasteiger partial charge is 0.320 e. The molecule has 3 amide bonds. The molecule has 4 rings (SSSR count). The quantitative estimate of drug-likeness (QED) is 0.225. The highest BCUT2D eigenvalue weighted by molar-refractivity contribution is 5.95. The van der Waals surface area contributed by atoms with Gasteiger partial charge in [-0.1, -0.05) is 48.6 Å². The molecule has 0 radical (unpaired) electrons. The highest BCUT2D eigenvalue weighted by Gasteiger charge is 2.36. The summed E-state index contributed by atoms with van der Waals surface area (Å²) in [5.41, 5.74) is 5.10. The van der Waals surface area contributed by atoms with Crippen LogP contribution in [-0.4, -0.2) is 48.0 Å². The molecule has 3 aromatic rings. The van der Waals surface area contributed by atoms with Gasteiger partial charge in [0.2, 0.25) is 0 Å².